The van der Waals surface area contributed by atoms with Crippen molar-refractivity contribution in [3.63, 3.8) is 0 Å². The molecule has 0 fully saturated rings. The molecule has 31 heavy (non-hydrogen) atoms. The Hall–Kier alpha value is -1.28. The van der Waals surface area contributed by atoms with E-state index in [1.54, 1.807) is 5.57 Å². The van der Waals surface area contributed by atoms with E-state index in [-0.39, 0.29) is 5.04 Å². The topological polar surface area (TPSA) is 9.23 Å². The van der Waals surface area contributed by atoms with Crippen LogP contribution in [0.1, 0.15) is 97.5 Å². The fourth-order valence-electron chi connectivity index (χ4n) is 4.18. The van der Waals surface area contributed by atoms with E-state index in [0.29, 0.717) is 5.92 Å². The molecule has 1 atom stereocenters. The molecular formula is C29H48OSi. The molecule has 1 aliphatic carbocycles. The maximum atomic E-state index is 6.87. The summed E-state index contributed by atoms with van der Waals surface area (Å²) < 4.78 is 6.87. The van der Waals surface area contributed by atoms with Gasteiger partial charge in [-0.25, -0.2) is 0 Å². The lowest BCUT2D eigenvalue weighted by molar-refractivity contribution is 0.368. The molecule has 2 rings (SSSR count). The molecule has 0 amide bonds. The molecular weight excluding hydrogens is 392 g/mol. The predicted octanol–water partition coefficient (Wildman–Crippen LogP) is 9.61. The van der Waals surface area contributed by atoms with Gasteiger partial charge in [-0.2, -0.15) is 0 Å². The van der Waals surface area contributed by atoms with Gasteiger partial charge in [0, 0.05) is 12.3 Å². The zero-order valence-corrected chi connectivity index (χ0v) is 22.3. The van der Waals surface area contributed by atoms with Crippen molar-refractivity contribution >= 4 is 8.32 Å². The highest BCUT2D eigenvalue weighted by Gasteiger charge is 2.40. The Morgan fingerprint density at radius 2 is 1.68 bits per heavy atom. The van der Waals surface area contributed by atoms with Crippen LogP contribution in [0.15, 0.2) is 53.8 Å². The average Bonchev–Trinajstić information content (AvgIpc) is 3.08. The number of unbranched alkanes of at least 4 members (excludes halogenated alkanes) is 5. The van der Waals surface area contributed by atoms with Crippen LogP contribution in [0.2, 0.25) is 18.1 Å². The van der Waals surface area contributed by atoms with Gasteiger partial charge in [0.05, 0.1) is 5.76 Å². The molecule has 1 unspecified atom stereocenters. The van der Waals surface area contributed by atoms with Crippen LogP contribution in [-0.2, 0) is 10.8 Å². The maximum Gasteiger partial charge on any atom is 0.250 e. The number of benzene rings is 1. The summed E-state index contributed by atoms with van der Waals surface area (Å²) in [7, 11) is -1.78. The van der Waals surface area contributed by atoms with E-state index in [9.17, 15) is 0 Å². The lowest BCUT2D eigenvalue weighted by Crippen LogP contribution is -2.40. The molecule has 2 heteroatoms. The zero-order valence-electron chi connectivity index (χ0n) is 21.3. The number of allylic oxidation sites excluding steroid dienone is 4. The molecule has 0 saturated heterocycles. The first-order valence-corrected chi connectivity index (χ1v) is 15.8. The number of aryl methyl sites for hydroxylation is 1. The minimum absolute atomic E-state index is 0.256. The molecule has 1 aromatic rings. The molecule has 0 spiro atoms. The fraction of sp³-hybridized carbons (Fsp3) is 0.655. The van der Waals surface area contributed by atoms with Gasteiger partial charge in [0.2, 0.25) is 8.32 Å². The molecule has 174 valence electrons. The summed E-state index contributed by atoms with van der Waals surface area (Å²) in [5.41, 5.74) is 3.08. The first-order valence-electron chi connectivity index (χ1n) is 12.9. The van der Waals surface area contributed by atoms with Crippen molar-refractivity contribution in [2.75, 3.05) is 0 Å². The van der Waals surface area contributed by atoms with Gasteiger partial charge in [-0.3, -0.25) is 0 Å². The molecule has 1 aliphatic rings. The van der Waals surface area contributed by atoms with Crippen LogP contribution in [0.4, 0.5) is 0 Å². The van der Waals surface area contributed by atoms with Crippen molar-refractivity contribution in [1.29, 1.82) is 0 Å². The number of rotatable bonds is 13. The summed E-state index contributed by atoms with van der Waals surface area (Å²) in [5, 5.41) is 0.256. The summed E-state index contributed by atoms with van der Waals surface area (Å²) in [4.78, 5) is 0. The highest BCUT2D eigenvalue weighted by atomic mass is 28.4. The highest BCUT2D eigenvalue weighted by Crippen LogP contribution is 2.43. The third kappa shape index (κ3) is 8.64. The summed E-state index contributed by atoms with van der Waals surface area (Å²) in [5.74, 6) is 1.95. The van der Waals surface area contributed by atoms with Crippen molar-refractivity contribution in [3.05, 3.63) is 59.4 Å². The summed E-state index contributed by atoms with van der Waals surface area (Å²) in [6, 6.07) is 10.9. The second kappa shape index (κ2) is 12.7. The second-order valence-electron chi connectivity index (χ2n) is 10.9. The van der Waals surface area contributed by atoms with Crippen molar-refractivity contribution in [2.24, 2.45) is 5.92 Å². The van der Waals surface area contributed by atoms with Crippen LogP contribution in [0.25, 0.3) is 0 Å². The Morgan fingerprint density at radius 3 is 2.35 bits per heavy atom. The van der Waals surface area contributed by atoms with E-state index in [1.807, 2.05) is 0 Å². The van der Waals surface area contributed by atoms with E-state index in [0.717, 1.165) is 6.42 Å². The fourth-order valence-corrected chi connectivity index (χ4v) is 5.34. The van der Waals surface area contributed by atoms with Crippen molar-refractivity contribution in [2.45, 2.75) is 116 Å². The van der Waals surface area contributed by atoms with Gasteiger partial charge in [0.25, 0.3) is 0 Å². The molecule has 0 bridgehead atoms. The normalized spacial score (nSPS) is 17.7. The molecule has 0 aromatic heterocycles. The smallest absolute Gasteiger partial charge is 0.250 e. The van der Waals surface area contributed by atoms with E-state index in [2.05, 4.69) is 83.3 Å². The summed E-state index contributed by atoms with van der Waals surface area (Å²) in [6.07, 6.45) is 18.9. The molecule has 0 aliphatic heterocycles. The van der Waals surface area contributed by atoms with Gasteiger partial charge in [-0.05, 0) is 74.2 Å². The lowest BCUT2D eigenvalue weighted by Gasteiger charge is -2.37. The van der Waals surface area contributed by atoms with Gasteiger partial charge < -0.3 is 4.43 Å². The monoisotopic (exact) mass is 440 g/mol. The standard InChI is InChI=1S/C29H48OSi/c1-7-8-9-10-11-15-21-26-23-24-28(30-31(5,6)29(2,3)4)27(26)22-17-16-20-25-18-13-12-14-19-25/h12-15,18-19,21,26H,7-11,16-17,20,22-24H2,1-6H3/b21-15+. The van der Waals surface area contributed by atoms with Gasteiger partial charge in [-0.1, -0.05) is 89.4 Å². The third-order valence-electron chi connectivity index (χ3n) is 7.27. The number of hydrogen-bond acceptors (Lipinski definition) is 1. The lowest BCUT2D eigenvalue weighted by atomic mass is 9.94. The minimum Gasteiger partial charge on any atom is -0.547 e. The zero-order chi connectivity index (χ0) is 22.7. The average molecular weight is 441 g/mol. The summed E-state index contributed by atoms with van der Waals surface area (Å²) >= 11 is 0. The van der Waals surface area contributed by atoms with Crippen LogP contribution >= 0.6 is 0 Å². The van der Waals surface area contributed by atoms with E-state index in [1.165, 1.54) is 75.5 Å². The van der Waals surface area contributed by atoms with E-state index >= 15 is 0 Å². The van der Waals surface area contributed by atoms with Crippen LogP contribution in [0, 0.1) is 5.92 Å². The highest BCUT2D eigenvalue weighted by molar-refractivity contribution is 6.74. The number of hydrogen-bond donors (Lipinski definition) is 0. The molecule has 1 nitrogen and oxygen atoms in total. The third-order valence-corrected chi connectivity index (χ3v) is 11.6. The second-order valence-corrected chi connectivity index (χ2v) is 15.7. The largest absolute Gasteiger partial charge is 0.547 e. The SMILES string of the molecule is CCCCCC/C=C/C1CCC(O[Si](C)(C)C(C)(C)C)=C1CCCCc1ccccc1. The van der Waals surface area contributed by atoms with Crippen LogP contribution in [0.3, 0.4) is 0 Å². The first kappa shape index (κ1) is 26.0. The van der Waals surface area contributed by atoms with Gasteiger partial charge >= 0.3 is 0 Å². The molecule has 1 aromatic carbocycles. The molecule has 0 heterocycles. The molecule has 0 saturated carbocycles. The van der Waals surface area contributed by atoms with E-state index in [4.69, 9.17) is 4.43 Å². The minimum atomic E-state index is -1.78. The van der Waals surface area contributed by atoms with Gasteiger partial charge in [0.15, 0.2) is 0 Å². The Kier molecular flexibility index (Phi) is 10.6. The predicted molar refractivity (Wildman–Crippen MR) is 140 cm³/mol. The van der Waals surface area contributed by atoms with Crippen molar-refractivity contribution in [3.8, 4) is 0 Å². The molecule has 0 N–H and O–H groups in total. The van der Waals surface area contributed by atoms with Crippen molar-refractivity contribution < 1.29 is 4.43 Å². The quantitative estimate of drug-likeness (QED) is 0.168. The van der Waals surface area contributed by atoms with Gasteiger partial charge in [-0.15, -0.1) is 0 Å². The molecule has 0 radical (unpaired) electrons. The van der Waals surface area contributed by atoms with Crippen LogP contribution in [0.5, 0.6) is 0 Å². The van der Waals surface area contributed by atoms with Crippen LogP contribution < -0.4 is 0 Å². The van der Waals surface area contributed by atoms with Crippen LogP contribution in [-0.4, -0.2) is 8.32 Å². The van der Waals surface area contributed by atoms with Crippen molar-refractivity contribution in [1.82, 2.24) is 0 Å². The maximum absolute atomic E-state index is 6.87. The first-order chi connectivity index (χ1) is 14.7. The van der Waals surface area contributed by atoms with E-state index < -0.39 is 8.32 Å². The van der Waals surface area contributed by atoms with Gasteiger partial charge in [0.1, 0.15) is 0 Å². The summed E-state index contributed by atoms with van der Waals surface area (Å²) in [6.45, 7) is 14.1. The Labute approximate surface area is 194 Å². The Morgan fingerprint density at radius 1 is 0.968 bits per heavy atom. The Balaban J connectivity index is 2.01. The Bertz CT molecular complexity index is 693.